The molecular weight excluding hydrogens is 376 g/mol. The van der Waals surface area contributed by atoms with Crippen LogP contribution < -0.4 is 9.64 Å². The number of ether oxygens (including phenoxy) is 1. The Morgan fingerprint density at radius 1 is 1.38 bits per heavy atom. The molecule has 2 aromatic rings. The van der Waals surface area contributed by atoms with Crippen molar-refractivity contribution in [1.82, 2.24) is 15.1 Å². The van der Waals surface area contributed by atoms with Gasteiger partial charge in [0.15, 0.2) is 17.3 Å². The number of urea groups is 1. The van der Waals surface area contributed by atoms with Crippen LogP contribution >= 0.6 is 22.9 Å². The number of carbonyl (C=O) groups excluding carboxylic acids is 1. The van der Waals surface area contributed by atoms with E-state index in [1.54, 1.807) is 19.2 Å². The predicted molar refractivity (Wildman–Crippen MR) is 101 cm³/mol. The number of carbonyl (C=O) groups is 1. The lowest BCUT2D eigenvalue weighted by molar-refractivity contribution is 0.176. The molecule has 0 aliphatic carbocycles. The smallest absolute Gasteiger partial charge is 0.328 e. The summed E-state index contributed by atoms with van der Waals surface area (Å²) in [5.74, 6) is 0.938. The molecule has 1 aliphatic rings. The number of aliphatic hydroxyl groups is 1. The monoisotopic (exact) mass is 396 g/mol. The van der Waals surface area contributed by atoms with Crippen molar-refractivity contribution in [3.8, 4) is 5.75 Å². The summed E-state index contributed by atoms with van der Waals surface area (Å²) in [6.45, 7) is 4.42. The second kappa shape index (κ2) is 7.77. The van der Waals surface area contributed by atoms with Crippen LogP contribution in [0.2, 0.25) is 5.02 Å². The molecule has 1 aromatic heterocycles. The molecule has 3 rings (SSSR count). The number of anilines is 1. The first kappa shape index (κ1) is 18.9. The summed E-state index contributed by atoms with van der Waals surface area (Å²) in [6, 6.07) is 6.97. The van der Waals surface area contributed by atoms with E-state index in [0.717, 1.165) is 6.42 Å². The topological polar surface area (TPSA) is 78.8 Å². The maximum absolute atomic E-state index is 12.2. The molecule has 1 saturated heterocycles. The van der Waals surface area contributed by atoms with Crippen LogP contribution in [0.3, 0.4) is 0 Å². The fourth-order valence-electron chi connectivity index (χ4n) is 2.70. The molecule has 0 saturated carbocycles. The average Bonchev–Trinajstić information content (AvgIpc) is 3.14. The van der Waals surface area contributed by atoms with Crippen LogP contribution in [0.1, 0.15) is 31.4 Å². The Balaban J connectivity index is 1.85. The highest BCUT2D eigenvalue weighted by Crippen LogP contribution is 2.36. The number of aromatic nitrogens is 2. The molecule has 1 aliphatic heterocycles. The molecule has 7 nitrogen and oxygen atoms in total. The highest BCUT2D eigenvalue weighted by molar-refractivity contribution is 7.15. The van der Waals surface area contributed by atoms with E-state index in [2.05, 4.69) is 24.0 Å². The summed E-state index contributed by atoms with van der Waals surface area (Å²) in [5.41, 5.74) is 0. The second-order valence-corrected chi connectivity index (χ2v) is 8.00. The van der Waals surface area contributed by atoms with Gasteiger partial charge >= 0.3 is 6.03 Å². The number of aliphatic hydroxyl groups excluding tert-OH is 1. The quantitative estimate of drug-likeness (QED) is 0.807. The van der Waals surface area contributed by atoms with Crippen molar-refractivity contribution in [3.63, 3.8) is 0 Å². The van der Waals surface area contributed by atoms with E-state index in [0.29, 0.717) is 26.8 Å². The summed E-state index contributed by atoms with van der Waals surface area (Å²) in [4.78, 5) is 14.9. The number of rotatable bonds is 6. The largest absolute Gasteiger partial charge is 0.482 e. The zero-order valence-electron chi connectivity index (χ0n) is 14.8. The van der Waals surface area contributed by atoms with E-state index in [1.807, 2.05) is 12.1 Å². The van der Waals surface area contributed by atoms with Gasteiger partial charge in [-0.15, -0.1) is 10.2 Å². The lowest BCUT2D eigenvalue weighted by Crippen LogP contribution is -2.34. The summed E-state index contributed by atoms with van der Waals surface area (Å²) >= 11 is 7.45. The number of hydrogen-bond donors (Lipinski definition) is 1. The standard InChI is InChI=1S/C17H21ClN4O3S/c1-10(2)8-13(25-12-7-5-4-6-11(12)18)15-19-20-16(26-15)22-14(23)9-21(3)17(22)24/h4-7,10,13-14,23H,8-9H2,1-3H3. The zero-order valence-corrected chi connectivity index (χ0v) is 16.4. The molecule has 140 valence electrons. The van der Waals surface area contributed by atoms with Crippen molar-refractivity contribution in [1.29, 1.82) is 0 Å². The first-order valence-electron chi connectivity index (χ1n) is 8.33. The minimum absolute atomic E-state index is 0.235. The third-order valence-corrected chi connectivity index (χ3v) is 5.30. The van der Waals surface area contributed by atoms with Crippen molar-refractivity contribution in [2.45, 2.75) is 32.6 Å². The number of benzene rings is 1. The lowest BCUT2D eigenvalue weighted by Gasteiger charge is -2.19. The summed E-state index contributed by atoms with van der Waals surface area (Å²) in [6.07, 6.45) is -0.550. The highest BCUT2D eigenvalue weighted by atomic mass is 35.5. The van der Waals surface area contributed by atoms with Gasteiger partial charge in [-0.05, 0) is 24.5 Å². The van der Waals surface area contributed by atoms with Gasteiger partial charge in [0.2, 0.25) is 5.13 Å². The lowest BCUT2D eigenvalue weighted by atomic mass is 10.1. The minimum atomic E-state index is -0.929. The number of amides is 2. The van der Waals surface area contributed by atoms with Gasteiger partial charge in [0.1, 0.15) is 5.75 Å². The molecule has 2 unspecified atom stereocenters. The number of likely N-dealkylation sites (N-methyl/N-ethyl adjacent to an activating group) is 1. The number of nitrogens with zero attached hydrogens (tertiary/aromatic N) is 4. The van der Waals surface area contributed by atoms with Gasteiger partial charge in [-0.3, -0.25) is 0 Å². The molecule has 0 spiro atoms. The van der Waals surface area contributed by atoms with Gasteiger partial charge in [-0.2, -0.15) is 0 Å². The molecule has 2 amide bonds. The van der Waals surface area contributed by atoms with E-state index < -0.39 is 6.23 Å². The fourth-order valence-corrected chi connectivity index (χ4v) is 3.80. The van der Waals surface area contributed by atoms with Crippen LogP contribution in [0.25, 0.3) is 0 Å². The van der Waals surface area contributed by atoms with Crippen LogP contribution in [-0.4, -0.2) is 46.1 Å². The SMILES string of the molecule is CC(C)CC(Oc1ccccc1Cl)c1nnc(N2C(=O)N(C)CC2O)s1. The summed E-state index contributed by atoms with van der Waals surface area (Å²) < 4.78 is 6.09. The highest BCUT2D eigenvalue weighted by Gasteiger charge is 2.37. The Morgan fingerprint density at radius 3 is 2.73 bits per heavy atom. The van der Waals surface area contributed by atoms with Gasteiger partial charge < -0.3 is 14.7 Å². The summed E-state index contributed by atoms with van der Waals surface area (Å²) in [7, 11) is 1.63. The Kier molecular flexibility index (Phi) is 5.64. The zero-order chi connectivity index (χ0) is 18.8. The number of β-amino-alcohol motifs (C(OH)–C–C–N with tert-alkyl or cyclic N) is 1. The molecule has 1 fully saturated rings. The molecule has 9 heteroatoms. The van der Waals surface area contributed by atoms with Gasteiger partial charge in [0, 0.05) is 7.05 Å². The Bertz CT molecular complexity index is 785. The molecule has 2 atom stereocenters. The van der Waals surface area contributed by atoms with Crippen LogP contribution in [-0.2, 0) is 0 Å². The predicted octanol–water partition coefficient (Wildman–Crippen LogP) is 3.55. The van der Waals surface area contributed by atoms with E-state index in [-0.39, 0.29) is 18.7 Å². The van der Waals surface area contributed by atoms with Crippen molar-refractivity contribution >= 4 is 34.1 Å². The van der Waals surface area contributed by atoms with Crippen LogP contribution in [0.15, 0.2) is 24.3 Å². The second-order valence-electron chi connectivity index (χ2n) is 6.60. The first-order valence-corrected chi connectivity index (χ1v) is 9.53. The van der Waals surface area contributed by atoms with Crippen LogP contribution in [0, 0.1) is 5.92 Å². The maximum Gasteiger partial charge on any atom is 0.328 e. The van der Waals surface area contributed by atoms with Crippen molar-refractivity contribution in [2.75, 3.05) is 18.5 Å². The van der Waals surface area contributed by atoms with Crippen molar-refractivity contribution in [3.05, 3.63) is 34.3 Å². The Hall–Kier alpha value is -1.90. The number of hydrogen-bond acceptors (Lipinski definition) is 6. The first-order chi connectivity index (χ1) is 12.4. The van der Waals surface area contributed by atoms with E-state index >= 15 is 0 Å². The number of halogens is 1. The maximum atomic E-state index is 12.2. The van der Waals surface area contributed by atoms with Gasteiger partial charge in [-0.1, -0.05) is 48.9 Å². The van der Waals surface area contributed by atoms with Gasteiger partial charge in [0.25, 0.3) is 0 Å². The Morgan fingerprint density at radius 2 is 2.12 bits per heavy atom. The molecule has 0 radical (unpaired) electrons. The van der Waals surface area contributed by atoms with Gasteiger partial charge in [0.05, 0.1) is 11.6 Å². The number of para-hydroxylation sites is 1. The van der Waals surface area contributed by atoms with E-state index in [4.69, 9.17) is 16.3 Å². The van der Waals surface area contributed by atoms with Gasteiger partial charge in [-0.25, -0.2) is 9.69 Å². The molecule has 1 aromatic carbocycles. The summed E-state index contributed by atoms with van der Waals surface area (Å²) in [5, 5.41) is 19.9. The third kappa shape index (κ3) is 3.92. The van der Waals surface area contributed by atoms with Crippen LogP contribution in [0.4, 0.5) is 9.93 Å². The molecule has 1 N–H and O–H groups in total. The average molecular weight is 397 g/mol. The van der Waals surface area contributed by atoms with Crippen molar-refractivity contribution in [2.24, 2.45) is 5.92 Å². The fraction of sp³-hybridized carbons (Fsp3) is 0.471. The van der Waals surface area contributed by atoms with Crippen LogP contribution in [0.5, 0.6) is 5.75 Å². The molecular formula is C17H21ClN4O3S. The normalized spacial score (nSPS) is 18.7. The van der Waals surface area contributed by atoms with E-state index in [9.17, 15) is 9.90 Å². The third-order valence-electron chi connectivity index (χ3n) is 3.97. The Labute approximate surface area is 161 Å². The van der Waals surface area contributed by atoms with E-state index in [1.165, 1.54) is 21.1 Å². The molecule has 26 heavy (non-hydrogen) atoms. The van der Waals surface area contributed by atoms with Crippen molar-refractivity contribution < 1.29 is 14.6 Å². The molecule has 0 bridgehead atoms. The minimum Gasteiger partial charge on any atom is -0.482 e. The molecule has 2 heterocycles.